The molecule has 1 aliphatic heterocycles. The molecule has 1 aromatic rings. The van der Waals surface area contributed by atoms with Crippen molar-refractivity contribution in [1.29, 1.82) is 0 Å². The fourth-order valence-electron chi connectivity index (χ4n) is 10.3. The van der Waals surface area contributed by atoms with Crippen molar-refractivity contribution < 1.29 is 87.5 Å². The molecule has 1 aromatic carbocycles. The van der Waals surface area contributed by atoms with E-state index in [1.165, 1.54) is 11.8 Å². The van der Waals surface area contributed by atoms with E-state index in [-0.39, 0.29) is 95.2 Å². The topological polar surface area (TPSA) is 586 Å². The van der Waals surface area contributed by atoms with Crippen molar-refractivity contribution in [3.05, 3.63) is 35.9 Å². The number of primary amides is 1. The number of guanidine groups is 1. The molecule has 0 aromatic heterocycles. The van der Waals surface area contributed by atoms with Crippen LogP contribution in [0.4, 0.5) is 0 Å². The van der Waals surface area contributed by atoms with E-state index in [1.807, 2.05) is 0 Å². The minimum absolute atomic E-state index is 0.0201. The van der Waals surface area contributed by atoms with Gasteiger partial charge in [0.05, 0.1) is 31.6 Å². The predicted molar refractivity (Wildman–Crippen MR) is 351 cm³/mol. The Balaban J connectivity index is 2.38. The molecule has 1 heterocycles. The average Bonchev–Trinajstić information content (AvgIpc) is 1.76. The predicted octanol–water partition coefficient (Wildman–Crippen LogP) is -5.46. The lowest BCUT2D eigenvalue weighted by atomic mass is 9.97. The van der Waals surface area contributed by atoms with Crippen LogP contribution in [0.25, 0.3) is 0 Å². The Hall–Kier alpha value is -9.09. The molecule has 544 valence electrons. The van der Waals surface area contributed by atoms with Gasteiger partial charge < -0.3 is 107 Å². The molecule has 0 bridgehead atoms. The number of carboxylic acids is 2. The van der Waals surface area contributed by atoms with Crippen LogP contribution in [0, 0.1) is 17.8 Å². The number of nitrogens with one attached hydrogen (secondary N) is 10. The number of carboxylic acid groups (broad SMARTS) is 2. The third kappa shape index (κ3) is 29.8. The highest BCUT2D eigenvalue weighted by atomic mass is 16.4. The molecule has 2 rings (SSSR count). The zero-order valence-corrected chi connectivity index (χ0v) is 56.4. The van der Waals surface area contributed by atoms with Crippen LogP contribution in [-0.4, -0.2) is 219 Å². The minimum atomic E-state index is -1.84. The van der Waals surface area contributed by atoms with Crippen molar-refractivity contribution in [3.63, 3.8) is 0 Å². The van der Waals surface area contributed by atoms with Gasteiger partial charge in [-0.1, -0.05) is 78.3 Å². The van der Waals surface area contributed by atoms with E-state index >= 15 is 0 Å². The first-order chi connectivity index (χ1) is 45.5. The second-order valence-corrected chi connectivity index (χ2v) is 25.0. The summed E-state index contributed by atoms with van der Waals surface area (Å²) in [6.07, 6.45) is -1.86. The number of carbonyl (C=O) groups excluding carboxylic acids is 12. The Morgan fingerprint density at radius 2 is 1.07 bits per heavy atom. The normalized spacial score (nSPS) is 16.8. The number of likely N-dealkylation sites (tertiary alicyclic amines) is 1. The van der Waals surface area contributed by atoms with Crippen molar-refractivity contribution >= 4 is 88.8 Å². The fraction of sp³-hybridized carbons (Fsp3) is 0.661. The van der Waals surface area contributed by atoms with Crippen LogP contribution in [0.5, 0.6) is 0 Å². The quantitative estimate of drug-likeness (QED) is 0.0165. The Labute approximate surface area is 563 Å². The molecular formula is C62H103N17O18. The first-order valence-electron chi connectivity index (χ1n) is 32.5. The lowest BCUT2D eigenvalue weighted by Gasteiger charge is -2.31. The summed E-state index contributed by atoms with van der Waals surface area (Å²) >= 11 is 0. The number of carbonyl (C=O) groups is 14. The summed E-state index contributed by atoms with van der Waals surface area (Å²) in [4.78, 5) is 193. The number of aliphatic hydroxyl groups excluding tert-OH is 2. The van der Waals surface area contributed by atoms with Gasteiger partial charge >= 0.3 is 11.9 Å². The van der Waals surface area contributed by atoms with Crippen molar-refractivity contribution in [2.75, 3.05) is 26.2 Å². The van der Waals surface area contributed by atoms with Gasteiger partial charge in [-0.05, 0) is 101 Å². The van der Waals surface area contributed by atoms with Crippen LogP contribution in [0.1, 0.15) is 138 Å². The number of aliphatic imine (C=N–C) groups is 1. The highest BCUT2D eigenvalue weighted by Crippen LogP contribution is 2.22. The maximum atomic E-state index is 14.9. The van der Waals surface area contributed by atoms with Gasteiger partial charge in [0.2, 0.25) is 70.9 Å². The van der Waals surface area contributed by atoms with Gasteiger partial charge in [-0.15, -0.1) is 0 Å². The standard InChI is InChI=1S/C62H103N17O18/c1-9-33(6)48(58(93)71-38(19-13-14-22-63)53(88)75-43(61(96)97)29-47(83)84)77-50(85)34(7)69-56(91)44(30-80)76-59(94)49(35(8)81)78-55(90)41(26-32(4)5)73-57(92)45-21-16-24-79(45)60(95)42(27-36-17-11-10-12-18-36)74-52(87)39(20-15-23-68-62(66)67)70-54(89)40(25-31(2)3)72-51(86)37(64)28-46(65)82/h10-12,17-18,31-35,37-45,48-49,80-81H,9,13-16,19-30,63-64H2,1-8H3,(H2,65,82)(H,69,91)(H,70,89)(H,71,93)(H,72,86)(H,73,92)(H,74,87)(H,75,88)(H,76,94)(H,77,85)(H,78,90)(H,83,84)(H,96,97)(H4,66,67,68)/t33-,34-,35+,37-,38-,39-,40-,41-,42-,43-,44-,45-,48-,49-/m0/s1. The van der Waals surface area contributed by atoms with Gasteiger partial charge in [-0.2, -0.15) is 0 Å². The van der Waals surface area contributed by atoms with Crippen LogP contribution >= 0.6 is 0 Å². The molecule has 1 saturated heterocycles. The molecule has 0 aliphatic carbocycles. The fourth-order valence-corrected chi connectivity index (χ4v) is 10.3. The van der Waals surface area contributed by atoms with E-state index in [0.29, 0.717) is 18.4 Å². The van der Waals surface area contributed by atoms with Crippen molar-refractivity contribution in [1.82, 2.24) is 58.1 Å². The number of nitrogens with two attached hydrogens (primary N) is 5. The number of nitrogens with zero attached hydrogens (tertiary/aromatic N) is 2. The zero-order chi connectivity index (χ0) is 73.4. The van der Waals surface area contributed by atoms with Crippen LogP contribution in [0.2, 0.25) is 0 Å². The van der Waals surface area contributed by atoms with Crippen molar-refractivity contribution in [3.8, 4) is 0 Å². The first-order valence-corrected chi connectivity index (χ1v) is 32.5. The molecule has 35 heteroatoms. The highest BCUT2D eigenvalue weighted by molar-refractivity contribution is 6.00. The van der Waals surface area contributed by atoms with E-state index in [0.717, 1.165) is 6.92 Å². The molecule has 12 amide bonds. The van der Waals surface area contributed by atoms with E-state index < -0.39 is 187 Å². The number of unbranched alkanes of at least 4 members (excludes halogenated alkanes) is 1. The van der Waals surface area contributed by atoms with Gasteiger partial charge in [0.1, 0.15) is 66.5 Å². The molecular weight excluding hydrogens is 1270 g/mol. The second kappa shape index (κ2) is 42.5. The van der Waals surface area contributed by atoms with Gasteiger partial charge in [0.25, 0.3) is 0 Å². The average molecular weight is 1370 g/mol. The molecule has 0 unspecified atom stereocenters. The van der Waals surface area contributed by atoms with Crippen LogP contribution in [-0.2, 0) is 73.5 Å². The van der Waals surface area contributed by atoms with Crippen LogP contribution in [0.15, 0.2) is 35.3 Å². The number of hydrogen-bond donors (Lipinski definition) is 19. The number of hydrogen-bond acceptors (Lipinski definition) is 19. The number of aliphatic carboxylic acids is 2. The van der Waals surface area contributed by atoms with Gasteiger partial charge in [0, 0.05) is 19.5 Å². The molecule has 1 fully saturated rings. The number of benzene rings is 1. The summed E-state index contributed by atoms with van der Waals surface area (Å²) in [5.74, 6) is -15.5. The second-order valence-electron chi connectivity index (χ2n) is 25.0. The Morgan fingerprint density at radius 1 is 0.577 bits per heavy atom. The van der Waals surface area contributed by atoms with E-state index in [2.05, 4.69) is 58.2 Å². The first kappa shape index (κ1) is 84.0. The smallest absolute Gasteiger partial charge is 0.326 e. The summed E-state index contributed by atoms with van der Waals surface area (Å²) < 4.78 is 0. The third-order valence-corrected chi connectivity index (χ3v) is 15.7. The van der Waals surface area contributed by atoms with Crippen molar-refractivity contribution in [2.24, 2.45) is 51.4 Å². The summed E-state index contributed by atoms with van der Waals surface area (Å²) in [7, 11) is 0. The lowest BCUT2D eigenvalue weighted by molar-refractivity contribution is -0.147. The van der Waals surface area contributed by atoms with Gasteiger partial charge in [-0.3, -0.25) is 67.3 Å². The molecule has 1 aliphatic rings. The Kier molecular flexibility index (Phi) is 36.8. The lowest BCUT2D eigenvalue weighted by Crippen LogP contribution is -2.62. The SMILES string of the molecule is CC[C@H](C)[C@H](NC(=O)[C@H](C)NC(=O)[C@H](CO)NC(=O)[C@@H](NC(=O)[C@H](CC(C)C)NC(=O)[C@@H]1CCCN1C(=O)[C@H](Cc1ccccc1)NC(=O)[C@H](CCCN=C(N)N)NC(=O)[C@H](CC(C)C)NC(=O)[C@@H](N)CC(N)=O)[C@@H](C)O)C(=O)N[C@@H](CCCCN)C(=O)N[C@@H](CC(=O)O)C(=O)O. The van der Waals surface area contributed by atoms with Crippen molar-refractivity contribution in [2.45, 2.75) is 217 Å². The Morgan fingerprint density at radius 3 is 1.60 bits per heavy atom. The summed E-state index contributed by atoms with van der Waals surface area (Å²) in [6.45, 7) is 11.8. The number of amides is 12. The monoisotopic (exact) mass is 1370 g/mol. The molecule has 14 atom stereocenters. The number of aliphatic hydroxyl groups is 2. The molecule has 0 saturated carbocycles. The Bertz CT molecular complexity index is 2880. The van der Waals surface area contributed by atoms with E-state index in [1.54, 1.807) is 71.9 Å². The molecule has 97 heavy (non-hydrogen) atoms. The van der Waals surface area contributed by atoms with E-state index in [9.17, 15) is 87.5 Å². The maximum Gasteiger partial charge on any atom is 0.326 e. The maximum absolute atomic E-state index is 14.9. The summed E-state index contributed by atoms with van der Waals surface area (Å²) in [6, 6.07) is -9.19. The highest BCUT2D eigenvalue weighted by Gasteiger charge is 2.42. The molecule has 24 N–H and O–H groups in total. The molecule has 0 radical (unpaired) electrons. The van der Waals surface area contributed by atoms with E-state index in [4.69, 9.17) is 28.7 Å². The van der Waals surface area contributed by atoms with Crippen LogP contribution in [0.3, 0.4) is 0 Å². The molecule has 0 spiro atoms. The molecule has 35 nitrogen and oxygen atoms in total. The van der Waals surface area contributed by atoms with Gasteiger partial charge in [0.15, 0.2) is 5.96 Å². The number of rotatable bonds is 44. The minimum Gasteiger partial charge on any atom is -0.481 e. The van der Waals surface area contributed by atoms with Crippen LogP contribution < -0.4 is 81.8 Å². The largest absolute Gasteiger partial charge is 0.481 e. The third-order valence-electron chi connectivity index (χ3n) is 15.7. The summed E-state index contributed by atoms with van der Waals surface area (Å²) in [5, 5.41) is 64.7. The van der Waals surface area contributed by atoms with Gasteiger partial charge in [-0.25, -0.2) is 4.79 Å². The zero-order valence-electron chi connectivity index (χ0n) is 56.4. The summed E-state index contributed by atoms with van der Waals surface area (Å²) in [5.41, 5.74) is 28.4.